The van der Waals surface area contributed by atoms with E-state index in [0.717, 1.165) is 25.7 Å². The molecule has 0 aromatic rings. The Morgan fingerprint density at radius 2 is 1.64 bits per heavy atom. The third kappa shape index (κ3) is 1.88. The van der Waals surface area contributed by atoms with Crippen LogP contribution in [-0.2, 0) is 9.59 Å². The van der Waals surface area contributed by atoms with Crippen LogP contribution in [0.5, 0.6) is 0 Å². The molecule has 0 radical (unpaired) electrons. The van der Waals surface area contributed by atoms with Gasteiger partial charge in [0.1, 0.15) is 11.6 Å². The fourth-order valence-electron chi connectivity index (χ4n) is 2.72. The fourth-order valence-corrected chi connectivity index (χ4v) is 4.06. The van der Waals surface area contributed by atoms with Crippen LogP contribution < -0.4 is 0 Å². The maximum atomic E-state index is 11.8. The van der Waals surface area contributed by atoms with E-state index in [1.165, 1.54) is 0 Å². The van der Waals surface area contributed by atoms with Crippen molar-refractivity contribution in [3.8, 4) is 0 Å². The molecule has 0 aromatic carbocycles. The highest BCUT2D eigenvalue weighted by Crippen LogP contribution is 2.38. The Morgan fingerprint density at radius 1 is 1.00 bits per heavy atom. The molecule has 2 aliphatic rings. The van der Waals surface area contributed by atoms with Crippen LogP contribution in [0.25, 0.3) is 0 Å². The van der Waals surface area contributed by atoms with E-state index in [2.05, 4.69) is 22.6 Å². The summed E-state index contributed by atoms with van der Waals surface area (Å²) in [6.45, 7) is 0. The quantitative estimate of drug-likeness (QED) is 0.509. The van der Waals surface area contributed by atoms with Crippen LogP contribution in [0.1, 0.15) is 38.5 Å². The molecular formula is C11H15IO2. The summed E-state index contributed by atoms with van der Waals surface area (Å²) in [6, 6.07) is 0. The Kier molecular flexibility index (Phi) is 3.24. The van der Waals surface area contributed by atoms with E-state index in [1.54, 1.807) is 0 Å². The van der Waals surface area contributed by atoms with Crippen molar-refractivity contribution in [3.05, 3.63) is 0 Å². The van der Waals surface area contributed by atoms with Gasteiger partial charge in [0, 0.05) is 28.6 Å². The first-order valence-corrected chi connectivity index (χ1v) is 6.64. The molecule has 0 amide bonds. The van der Waals surface area contributed by atoms with E-state index in [-0.39, 0.29) is 11.8 Å². The number of carbonyl (C=O) groups excluding carboxylic acids is 2. The topological polar surface area (TPSA) is 34.1 Å². The van der Waals surface area contributed by atoms with Crippen molar-refractivity contribution in [1.82, 2.24) is 0 Å². The van der Waals surface area contributed by atoms with E-state index in [4.69, 9.17) is 0 Å². The van der Waals surface area contributed by atoms with Gasteiger partial charge in [-0.1, -0.05) is 22.6 Å². The van der Waals surface area contributed by atoms with Crippen LogP contribution in [0.2, 0.25) is 0 Å². The number of alkyl halides is 1. The van der Waals surface area contributed by atoms with Gasteiger partial charge >= 0.3 is 0 Å². The van der Waals surface area contributed by atoms with Crippen molar-refractivity contribution in [3.63, 3.8) is 0 Å². The molecule has 2 saturated carbocycles. The minimum Gasteiger partial charge on any atom is -0.299 e. The van der Waals surface area contributed by atoms with Crippen LogP contribution in [0.15, 0.2) is 0 Å². The van der Waals surface area contributed by atoms with Crippen LogP contribution in [0, 0.1) is 11.8 Å². The lowest BCUT2D eigenvalue weighted by Gasteiger charge is -2.30. The number of carbonyl (C=O) groups is 2. The first-order valence-electron chi connectivity index (χ1n) is 5.39. The van der Waals surface area contributed by atoms with E-state index in [0.29, 0.717) is 28.3 Å². The Bertz CT molecular complexity index is 260. The molecule has 14 heavy (non-hydrogen) atoms. The van der Waals surface area contributed by atoms with Crippen LogP contribution in [0.3, 0.4) is 0 Å². The van der Waals surface area contributed by atoms with Gasteiger partial charge in [-0.2, -0.15) is 0 Å². The Hall–Kier alpha value is 0.0700. The second-order valence-electron chi connectivity index (χ2n) is 4.37. The number of halogens is 1. The normalized spacial score (nSPS) is 39.1. The van der Waals surface area contributed by atoms with Crippen molar-refractivity contribution in [1.29, 1.82) is 0 Å². The monoisotopic (exact) mass is 306 g/mol. The van der Waals surface area contributed by atoms with E-state index in [9.17, 15) is 9.59 Å². The van der Waals surface area contributed by atoms with Crippen molar-refractivity contribution < 1.29 is 9.59 Å². The number of rotatable bonds is 0. The Balaban J connectivity index is 2.24. The van der Waals surface area contributed by atoms with Crippen LogP contribution in [0.4, 0.5) is 0 Å². The van der Waals surface area contributed by atoms with E-state index >= 15 is 0 Å². The lowest BCUT2D eigenvalue weighted by Crippen LogP contribution is -2.37. The molecular weight excluding hydrogens is 291 g/mol. The summed E-state index contributed by atoms with van der Waals surface area (Å²) in [6.07, 6.45) is 5.30. The van der Waals surface area contributed by atoms with Gasteiger partial charge < -0.3 is 0 Å². The number of ketones is 2. The molecule has 0 saturated heterocycles. The largest absolute Gasteiger partial charge is 0.299 e. The summed E-state index contributed by atoms with van der Waals surface area (Å²) < 4.78 is 0.400. The van der Waals surface area contributed by atoms with Gasteiger partial charge in [-0.05, 0) is 25.7 Å². The molecule has 0 spiro atoms. The van der Waals surface area contributed by atoms with Gasteiger partial charge in [-0.25, -0.2) is 0 Å². The Morgan fingerprint density at radius 3 is 2.43 bits per heavy atom. The highest BCUT2D eigenvalue weighted by Gasteiger charge is 2.41. The maximum Gasteiger partial charge on any atom is 0.137 e. The minimum absolute atomic E-state index is 0.0550. The second kappa shape index (κ2) is 4.29. The number of hydrogen-bond donors (Lipinski definition) is 0. The zero-order valence-corrected chi connectivity index (χ0v) is 10.3. The van der Waals surface area contributed by atoms with Crippen LogP contribution >= 0.6 is 22.6 Å². The molecule has 0 aliphatic heterocycles. The first kappa shape index (κ1) is 10.6. The predicted octanol–water partition coefficient (Wildman–Crippen LogP) is 2.53. The van der Waals surface area contributed by atoms with Crippen LogP contribution in [-0.4, -0.2) is 15.5 Å². The lowest BCUT2D eigenvalue weighted by atomic mass is 9.75. The molecule has 2 aliphatic carbocycles. The zero-order chi connectivity index (χ0) is 10.1. The molecule has 0 heterocycles. The van der Waals surface area contributed by atoms with E-state index < -0.39 is 0 Å². The summed E-state index contributed by atoms with van der Waals surface area (Å²) in [5.74, 6) is 0.818. The molecule has 0 aromatic heterocycles. The van der Waals surface area contributed by atoms with Gasteiger partial charge in [0.15, 0.2) is 0 Å². The average molecular weight is 306 g/mol. The lowest BCUT2D eigenvalue weighted by molar-refractivity contribution is -0.134. The molecule has 2 rings (SSSR count). The van der Waals surface area contributed by atoms with Gasteiger partial charge in [0.25, 0.3) is 0 Å². The summed E-state index contributed by atoms with van der Waals surface area (Å²) >= 11 is 2.37. The molecule has 2 nitrogen and oxygen atoms in total. The molecule has 0 bridgehead atoms. The smallest absolute Gasteiger partial charge is 0.137 e. The van der Waals surface area contributed by atoms with Crippen molar-refractivity contribution >= 4 is 34.2 Å². The summed E-state index contributed by atoms with van der Waals surface area (Å²) in [7, 11) is 0. The van der Waals surface area contributed by atoms with Gasteiger partial charge in [-0.15, -0.1) is 0 Å². The van der Waals surface area contributed by atoms with Crippen molar-refractivity contribution in [2.24, 2.45) is 11.8 Å². The summed E-state index contributed by atoms with van der Waals surface area (Å²) in [4.78, 5) is 23.6. The standard InChI is InChI=1S/C11H15IO2/c12-8-4-2-5-9(13)7-3-1-6-10(14)11(7)8/h7-8,11H,1-6H2. The molecule has 3 heteroatoms. The Labute approximate surface area is 98.0 Å². The van der Waals surface area contributed by atoms with Crippen molar-refractivity contribution in [2.45, 2.75) is 42.4 Å². The SMILES string of the molecule is O=C1CCCC(I)C2C(=O)CCCC12. The van der Waals surface area contributed by atoms with E-state index in [1.807, 2.05) is 0 Å². The van der Waals surface area contributed by atoms with Gasteiger partial charge in [-0.3, -0.25) is 9.59 Å². The molecule has 78 valence electrons. The molecule has 0 N–H and O–H groups in total. The third-order valence-electron chi connectivity index (χ3n) is 3.45. The molecule has 3 atom stereocenters. The zero-order valence-electron chi connectivity index (χ0n) is 8.17. The summed E-state index contributed by atoms with van der Waals surface area (Å²) in [5, 5.41) is 0. The maximum absolute atomic E-state index is 11.8. The number of Topliss-reactive ketones (excluding diaryl/α,β-unsaturated/α-hetero) is 2. The summed E-state index contributed by atoms with van der Waals surface area (Å²) in [5.41, 5.74) is 0. The first-order chi connectivity index (χ1) is 6.70. The van der Waals surface area contributed by atoms with Gasteiger partial charge in [0.05, 0.1) is 0 Å². The number of fused-ring (bicyclic) bond motifs is 1. The fraction of sp³-hybridized carbons (Fsp3) is 0.818. The molecule has 3 unspecified atom stereocenters. The highest BCUT2D eigenvalue weighted by molar-refractivity contribution is 14.1. The van der Waals surface area contributed by atoms with Gasteiger partial charge in [0.2, 0.25) is 0 Å². The molecule has 2 fully saturated rings. The minimum atomic E-state index is 0.0550. The number of hydrogen-bond acceptors (Lipinski definition) is 2. The van der Waals surface area contributed by atoms with Crippen molar-refractivity contribution in [2.75, 3.05) is 0 Å². The second-order valence-corrected chi connectivity index (χ2v) is 5.97. The predicted molar refractivity (Wildman–Crippen MR) is 62.5 cm³/mol. The average Bonchev–Trinajstić information content (AvgIpc) is 2.29. The highest BCUT2D eigenvalue weighted by atomic mass is 127. The third-order valence-corrected chi connectivity index (χ3v) is 4.85.